The topological polar surface area (TPSA) is 38.5 Å². The standard InChI is InChI=1S/C15H26N2O/c1-11-6-8-14(9-7-11)15(16)13(3)17(4)12(2)10-18-5/h6-9,12-13,15H,10,16H2,1-5H3. The number of benzene rings is 1. The number of aryl methyl sites for hydroxylation is 1. The third kappa shape index (κ3) is 3.80. The van der Waals surface area contributed by atoms with E-state index >= 15 is 0 Å². The molecule has 18 heavy (non-hydrogen) atoms. The highest BCUT2D eigenvalue weighted by molar-refractivity contribution is 5.24. The van der Waals surface area contributed by atoms with Crippen molar-refractivity contribution < 1.29 is 4.74 Å². The van der Waals surface area contributed by atoms with E-state index in [0.29, 0.717) is 6.04 Å². The lowest BCUT2D eigenvalue weighted by Gasteiger charge is -2.34. The Bertz CT molecular complexity index is 350. The summed E-state index contributed by atoms with van der Waals surface area (Å²) >= 11 is 0. The molecule has 0 saturated carbocycles. The van der Waals surface area contributed by atoms with Crippen LogP contribution in [0.15, 0.2) is 24.3 Å². The van der Waals surface area contributed by atoms with Crippen molar-refractivity contribution in [1.29, 1.82) is 0 Å². The van der Waals surface area contributed by atoms with Crippen molar-refractivity contribution in [3.8, 4) is 0 Å². The van der Waals surface area contributed by atoms with Gasteiger partial charge in [0.15, 0.2) is 0 Å². The minimum atomic E-state index is 0.0231. The second-order valence-electron chi connectivity index (χ2n) is 5.15. The van der Waals surface area contributed by atoms with E-state index in [1.54, 1.807) is 7.11 Å². The van der Waals surface area contributed by atoms with Gasteiger partial charge in [0.1, 0.15) is 0 Å². The fourth-order valence-corrected chi connectivity index (χ4v) is 2.08. The van der Waals surface area contributed by atoms with Gasteiger partial charge in [-0.25, -0.2) is 0 Å². The predicted octanol–water partition coefficient (Wildman–Crippen LogP) is 2.35. The third-order valence-electron chi connectivity index (χ3n) is 3.73. The first-order valence-electron chi connectivity index (χ1n) is 6.50. The largest absolute Gasteiger partial charge is 0.383 e. The Hall–Kier alpha value is -0.900. The van der Waals surface area contributed by atoms with Gasteiger partial charge in [0.2, 0.25) is 0 Å². The predicted molar refractivity (Wildman–Crippen MR) is 76.7 cm³/mol. The van der Waals surface area contributed by atoms with Gasteiger partial charge >= 0.3 is 0 Å². The molecule has 0 fully saturated rings. The van der Waals surface area contributed by atoms with Gasteiger partial charge in [-0.1, -0.05) is 29.8 Å². The average molecular weight is 250 g/mol. The van der Waals surface area contributed by atoms with Crippen LogP contribution in [-0.4, -0.2) is 37.7 Å². The van der Waals surface area contributed by atoms with Crippen LogP contribution in [0.4, 0.5) is 0 Å². The molecule has 0 heterocycles. The maximum Gasteiger partial charge on any atom is 0.0615 e. The van der Waals surface area contributed by atoms with Gasteiger partial charge in [-0.3, -0.25) is 4.90 Å². The summed E-state index contributed by atoms with van der Waals surface area (Å²) in [5.41, 5.74) is 8.79. The molecule has 3 heteroatoms. The zero-order valence-electron chi connectivity index (χ0n) is 12.2. The van der Waals surface area contributed by atoms with E-state index in [1.807, 2.05) is 0 Å². The lowest BCUT2D eigenvalue weighted by atomic mass is 9.98. The molecule has 0 spiro atoms. The van der Waals surface area contributed by atoms with Gasteiger partial charge < -0.3 is 10.5 Å². The third-order valence-corrected chi connectivity index (χ3v) is 3.73. The normalized spacial score (nSPS) is 16.6. The second-order valence-corrected chi connectivity index (χ2v) is 5.15. The molecule has 1 aromatic carbocycles. The highest BCUT2D eigenvalue weighted by Crippen LogP contribution is 2.19. The van der Waals surface area contributed by atoms with Crippen LogP contribution >= 0.6 is 0 Å². The highest BCUT2D eigenvalue weighted by atomic mass is 16.5. The number of methoxy groups -OCH3 is 1. The Balaban J connectivity index is 2.70. The maximum atomic E-state index is 6.34. The van der Waals surface area contributed by atoms with E-state index in [1.165, 1.54) is 11.1 Å². The van der Waals surface area contributed by atoms with E-state index < -0.39 is 0 Å². The van der Waals surface area contributed by atoms with Gasteiger partial charge in [-0.05, 0) is 33.4 Å². The minimum absolute atomic E-state index is 0.0231. The molecular weight excluding hydrogens is 224 g/mol. The molecule has 0 saturated heterocycles. The van der Waals surface area contributed by atoms with E-state index in [4.69, 9.17) is 10.5 Å². The molecule has 1 aromatic rings. The summed E-state index contributed by atoms with van der Waals surface area (Å²) in [5.74, 6) is 0. The molecule has 102 valence electrons. The Morgan fingerprint density at radius 3 is 2.28 bits per heavy atom. The minimum Gasteiger partial charge on any atom is -0.383 e. The summed E-state index contributed by atoms with van der Waals surface area (Å²) in [6.07, 6.45) is 0. The molecule has 0 amide bonds. The summed E-state index contributed by atoms with van der Waals surface area (Å²) in [4.78, 5) is 2.27. The van der Waals surface area contributed by atoms with Crippen LogP contribution in [0, 0.1) is 6.92 Å². The summed E-state index contributed by atoms with van der Waals surface area (Å²) in [6.45, 7) is 7.13. The smallest absolute Gasteiger partial charge is 0.0615 e. The number of hydrogen-bond donors (Lipinski definition) is 1. The van der Waals surface area contributed by atoms with Crippen LogP contribution in [0.2, 0.25) is 0 Å². The number of rotatable bonds is 6. The molecule has 0 aliphatic carbocycles. The molecule has 3 nitrogen and oxygen atoms in total. The number of nitrogens with zero attached hydrogens (tertiary/aromatic N) is 1. The van der Waals surface area contributed by atoms with Crippen LogP contribution in [0.25, 0.3) is 0 Å². The van der Waals surface area contributed by atoms with Gasteiger partial charge in [0.25, 0.3) is 0 Å². The Morgan fingerprint density at radius 1 is 1.22 bits per heavy atom. The van der Waals surface area contributed by atoms with E-state index in [0.717, 1.165) is 6.61 Å². The molecule has 0 aliphatic rings. The highest BCUT2D eigenvalue weighted by Gasteiger charge is 2.22. The molecular formula is C15H26N2O. The van der Waals surface area contributed by atoms with Crippen molar-refractivity contribution in [2.45, 2.75) is 38.9 Å². The first-order chi connectivity index (χ1) is 8.47. The van der Waals surface area contributed by atoms with Crippen LogP contribution in [-0.2, 0) is 4.74 Å². The van der Waals surface area contributed by atoms with Crippen LogP contribution < -0.4 is 5.73 Å². The zero-order chi connectivity index (χ0) is 13.7. The van der Waals surface area contributed by atoms with Crippen LogP contribution in [0.1, 0.15) is 31.0 Å². The van der Waals surface area contributed by atoms with Gasteiger partial charge in [-0.15, -0.1) is 0 Å². The lowest BCUT2D eigenvalue weighted by Crippen LogP contribution is -2.44. The van der Waals surface area contributed by atoms with Gasteiger partial charge in [0.05, 0.1) is 6.61 Å². The van der Waals surface area contributed by atoms with E-state index in [-0.39, 0.29) is 12.1 Å². The Labute approximate surface area is 111 Å². The molecule has 2 N–H and O–H groups in total. The number of likely N-dealkylation sites (N-methyl/N-ethyl adjacent to an activating group) is 1. The summed E-state index contributed by atoms with van der Waals surface area (Å²) in [7, 11) is 3.83. The summed E-state index contributed by atoms with van der Waals surface area (Å²) in [5, 5.41) is 0. The first kappa shape index (κ1) is 15.2. The van der Waals surface area contributed by atoms with E-state index in [2.05, 4.69) is 57.0 Å². The maximum absolute atomic E-state index is 6.34. The van der Waals surface area contributed by atoms with Crippen molar-refractivity contribution in [1.82, 2.24) is 4.90 Å². The molecule has 0 aromatic heterocycles. The number of nitrogens with two attached hydrogens (primary N) is 1. The van der Waals surface area contributed by atoms with Gasteiger partial charge in [-0.2, -0.15) is 0 Å². The van der Waals surface area contributed by atoms with Crippen molar-refractivity contribution in [2.75, 3.05) is 20.8 Å². The molecule has 3 atom stereocenters. The molecule has 3 unspecified atom stereocenters. The summed E-state index contributed by atoms with van der Waals surface area (Å²) in [6, 6.07) is 9.12. The first-order valence-corrected chi connectivity index (χ1v) is 6.50. The number of ether oxygens (including phenoxy) is 1. The van der Waals surface area contributed by atoms with E-state index in [9.17, 15) is 0 Å². The summed E-state index contributed by atoms with van der Waals surface area (Å²) < 4.78 is 5.19. The zero-order valence-corrected chi connectivity index (χ0v) is 12.2. The Morgan fingerprint density at radius 2 is 1.78 bits per heavy atom. The van der Waals surface area contributed by atoms with Crippen molar-refractivity contribution in [3.63, 3.8) is 0 Å². The number of hydrogen-bond acceptors (Lipinski definition) is 3. The van der Waals surface area contributed by atoms with Crippen LogP contribution in [0.3, 0.4) is 0 Å². The molecule has 0 aliphatic heterocycles. The monoisotopic (exact) mass is 250 g/mol. The van der Waals surface area contributed by atoms with Crippen LogP contribution in [0.5, 0.6) is 0 Å². The Kier molecular flexibility index (Phi) is 5.79. The molecule has 0 bridgehead atoms. The van der Waals surface area contributed by atoms with Crippen molar-refractivity contribution >= 4 is 0 Å². The average Bonchev–Trinajstić information content (AvgIpc) is 2.37. The SMILES string of the molecule is COCC(C)N(C)C(C)C(N)c1ccc(C)cc1. The van der Waals surface area contributed by atoms with Crippen molar-refractivity contribution in [2.24, 2.45) is 5.73 Å². The van der Waals surface area contributed by atoms with Gasteiger partial charge in [0, 0.05) is 25.2 Å². The lowest BCUT2D eigenvalue weighted by molar-refractivity contribution is 0.0860. The fourth-order valence-electron chi connectivity index (χ4n) is 2.08. The fraction of sp³-hybridized carbons (Fsp3) is 0.600. The molecule has 1 rings (SSSR count). The second kappa shape index (κ2) is 6.88. The quantitative estimate of drug-likeness (QED) is 0.842. The molecule has 0 radical (unpaired) electrons. The van der Waals surface area contributed by atoms with Crippen molar-refractivity contribution in [3.05, 3.63) is 35.4 Å².